The maximum absolute atomic E-state index is 6.41. The topological polar surface area (TPSA) is 37.8 Å². The second-order valence-corrected chi connectivity index (χ2v) is 8.52. The molecule has 1 unspecified atom stereocenters. The molecule has 1 fully saturated rings. The molecule has 1 atom stereocenters. The van der Waals surface area contributed by atoms with Gasteiger partial charge in [-0.05, 0) is 68.3 Å². The zero-order valence-electron chi connectivity index (χ0n) is 18.0. The van der Waals surface area contributed by atoms with Crippen molar-refractivity contribution in [3.8, 4) is 11.5 Å². The van der Waals surface area contributed by atoms with Gasteiger partial charge in [0.25, 0.3) is 0 Å². The summed E-state index contributed by atoms with van der Waals surface area (Å²) in [7, 11) is 0. The Labute approximate surface area is 178 Å². The Kier molecular flexibility index (Phi) is 4.99. The number of nitrogens with zero attached hydrogens (tertiary/aromatic N) is 3. The third-order valence-corrected chi connectivity index (χ3v) is 6.32. The highest BCUT2D eigenvalue weighted by molar-refractivity contribution is 5.88. The largest absolute Gasteiger partial charge is 0.486 e. The molecule has 3 heterocycles. The van der Waals surface area contributed by atoms with Crippen LogP contribution in [0.3, 0.4) is 0 Å². The third-order valence-electron chi connectivity index (χ3n) is 6.32. The van der Waals surface area contributed by atoms with Crippen LogP contribution in [0.1, 0.15) is 16.8 Å². The first-order chi connectivity index (χ1) is 14.6. The van der Waals surface area contributed by atoms with Gasteiger partial charge in [-0.3, -0.25) is 9.88 Å². The number of rotatable bonds is 3. The van der Waals surface area contributed by atoms with Crippen LogP contribution < -0.4 is 14.4 Å². The average molecular weight is 404 g/mol. The second kappa shape index (κ2) is 7.80. The molecule has 5 heteroatoms. The molecular formula is C25H29N3O2. The van der Waals surface area contributed by atoms with Crippen LogP contribution in [0.25, 0.3) is 10.9 Å². The van der Waals surface area contributed by atoms with E-state index in [9.17, 15) is 0 Å². The minimum Gasteiger partial charge on any atom is -0.486 e. The Hall–Kier alpha value is -2.79. The lowest BCUT2D eigenvalue weighted by molar-refractivity contribution is 0.0587. The molecule has 0 amide bonds. The molecule has 2 aliphatic heterocycles. The van der Waals surface area contributed by atoms with Crippen LogP contribution in [0.4, 0.5) is 5.69 Å². The first kappa shape index (κ1) is 19.2. The minimum absolute atomic E-state index is 0.0394. The molecule has 5 rings (SSSR count). The molecule has 5 nitrogen and oxygen atoms in total. The number of pyridine rings is 1. The van der Waals surface area contributed by atoms with Gasteiger partial charge in [0.15, 0.2) is 11.5 Å². The summed E-state index contributed by atoms with van der Waals surface area (Å²) in [5.41, 5.74) is 6.01. The lowest BCUT2D eigenvalue weighted by Crippen LogP contribution is -2.50. The summed E-state index contributed by atoms with van der Waals surface area (Å²) in [6.07, 6.45) is 0.0394. The van der Waals surface area contributed by atoms with Crippen LogP contribution in [0, 0.1) is 20.8 Å². The van der Waals surface area contributed by atoms with Gasteiger partial charge in [-0.15, -0.1) is 0 Å². The number of anilines is 1. The smallest absolute Gasteiger partial charge is 0.171 e. The molecule has 0 N–H and O–H groups in total. The highest BCUT2D eigenvalue weighted by Crippen LogP contribution is 2.38. The van der Waals surface area contributed by atoms with Gasteiger partial charge in [0, 0.05) is 49.5 Å². The minimum atomic E-state index is 0.0394. The summed E-state index contributed by atoms with van der Waals surface area (Å²) in [5.74, 6) is 1.66. The van der Waals surface area contributed by atoms with Crippen LogP contribution in [-0.2, 0) is 0 Å². The van der Waals surface area contributed by atoms with Crippen molar-refractivity contribution in [1.82, 2.24) is 9.88 Å². The molecule has 156 valence electrons. The molecule has 1 aromatic heterocycles. The van der Waals surface area contributed by atoms with Crippen LogP contribution >= 0.6 is 0 Å². The predicted octanol–water partition coefficient (Wildman–Crippen LogP) is 4.12. The van der Waals surface area contributed by atoms with Gasteiger partial charge < -0.3 is 14.4 Å². The normalized spacial score (nSPS) is 19.3. The Morgan fingerprint density at radius 1 is 0.933 bits per heavy atom. The van der Waals surface area contributed by atoms with E-state index in [0.29, 0.717) is 6.61 Å². The van der Waals surface area contributed by atoms with Gasteiger partial charge in [-0.25, -0.2) is 0 Å². The van der Waals surface area contributed by atoms with Crippen molar-refractivity contribution >= 4 is 16.6 Å². The fourth-order valence-corrected chi connectivity index (χ4v) is 4.37. The van der Waals surface area contributed by atoms with E-state index in [0.717, 1.165) is 60.8 Å². The summed E-state index contributed by atoms with van der Waals surface area (Å²) in [6.45, 7) is 12.0. The predicted molar refractivity (Wildman–Crippen MR) is 121 cm³/mol. The first-order valence-electron chi connectivity index (χ1n) is 10.8. The Bertz CT molecular complexity index is 1070. The lowest BCUT2D eigenvalue weighted by atomic mass is 10.1. The van der Waals surface area contributed by atoms with Crippen LogP contribution in [0.2, 0.25) is 0 Å². The monoisotopic (exact) mass is 403 g/mol. The number of piperazine rings is 1. The number of fused-ring (bicyclic) bond motifs is 3. The lowest BCUT2D eigenvalue weighted by Gasteiger charge is -2.38. The fraction of sp³-hybridized carbons (Fsp3) is 0.400. The van der Waals surface area contributed by atoms with E-state index >= 15 is 0 Å². The van der Waals surface area contributed by atoms with Gasteiger partial charge in [-0.2, -0.15) is 0 Å². The van der Waals surface area contributed by atoms with E-state index in [2.05, 4.69) is 52.9 Å². The number of benzene rings is 2. The Morgan fingerprint density at radius 3 is 2.57 bits per heavy atom. The van der Waals surface area contributed by atoms with Crippen molar-refractivity contribution in [2.75, 3.05) is 44.2 Å². The standard InChI is InChI=1S/C25H29N3O2/c1-17-4-6-20(14-18(17)2)28-12-10-27(11-13-28)15-21-16-29-24-9-8-23-22(25(24)30-21)7-5-19(3)26-23/h4-9,14,21H,10-13,15-16H2,1-3H3. The van der Waals surface area contributed by atoms with Crippen molar-refractivity contribution < 1.29 is 9.47 Å². The zero-order valence-corrected chi connectivity index (χ0v) is 18.0. The van der Waals surface area contributed by atoms with Crippen molar-refractivity contribution in [2.24, 2.45) is 0 Å². The van der Waals surface area contributed by atoms with Gasteiger partial charge >= 0.3 is 0 Å². The van der Waals surface area contributed by atoms with Crippen molar-refractivity contribution in [2.45, 2.75) is 26.9 Å². The number of aromatic nitrogens is 1. The molecule has 1 saturated heterocycles. The second-order valence-electron chi connectivity index (χ2n) is 8.52. The molecule has 0 bridgehead atoms. The molecule has 2 aromatic carbocycles. The van der Waals surface area contributed by atoms with Crippen LogP contribution in [0.15, 0.2) is 42.5 Å². The van der Waals surface area contributed by atoms with Crippen LogP contribution in [-0.4, -0.2) is 55.3 Å². The van der Waals surface area contributed by atoms with E-state index in [1.165, 1.54) is 16.8 Å². The van der Waals surface area contributed by atoms with Gasteiger partial charge in [0.2, 0.25) is 0 Å². The van der Waals surface area contributed by atoms with Gasteiger partial charge in [0.1, 0.15) is 12.7 Å². The van der Waals surface area contributed by atoms with E-state index in [4.69, 9.17) is 9.47 Å². The molecule has 0 radical (unpaired) electrons. The van der Waals surface area contributed by atoms with Crippen molar-refractivity contribution in [1.29, 1.82) is 0 Å². The molecule has 3 aromatic rings. The van der Waals surface area contributed by atoms with E-state index in [-0.39, 0.29) is 6.10 Å². The highest BCUT2D eigenvalue weighted by Gasteiger charge is 2.27. The third kappa shape index (κ3) is 3.70. The number of hydrogen-bond acceptors (Lipinski definition) is 5. The first-order valence-corrected chi connectivity index (χ1v) is 10.8. The maximum Gasteiger partial charge on any atom is 0.171 e. The molecule has 30 heavy (non-hydrogen) atoms. The summed E-state index contributed by atoms with van der Waals surface area (Å²) in [4.78, 5) is 9.60. The fourth-order valence-electron chi connectivity index (χ4n) is 4.37. The SMILES string of the molecule is Cc1ccc2c3c(ccc2n1)OCC(CN1CCN(c2ccc(C)c(C)c2)CC1)O3. The molecule has 0 spiro atoms. The summed E-state index contributed by atoms with van der Waals surface area (Å²) in [6, 6.07) is 14.9. The quantitative estimate of drug-likeness (QED) is 0.658. The Morgan fingerprint density at radius 2 is 1.77 bits per heavy atom. The molecule has 0 saturated carbocycles. The summed E-state index contributed by atoms with van der Waals surface area (Å²) < 4.78 is 12.4. The Balaban J connectivity index is 1.23. The zero-order chi connectivity index (χ0) is 20.7. The number of ether oxygens (including phenoxy) is 2. The van der Waals surface area contributed by atoms with Gasteiger partial charge in [0.05, 0.1) is 5.52 Å². The van der Waals surface area contributed by atoms with E-state index in [1.807, 2.05) is 25.1 Å². The van der Waals surface area contributed by atoms with Crippen molar-refractivity contribution in [3.63, 3.8) is 0 Å². The summed E-state index contributed by atoms with van der Waals surface area (Å²) in [5, 5.41) is 1.03. The molecule has 0 aliphatic carbocycles. The maximum atomic E-state index is 6.41. The van der Waals surface area contributed by atoms with E-state index in [1.54, 1.807) is 0 Å². The molecular weight excluding hydrogens is 374 g/mol. The van der Waals surface area contributed by atoms with E-state index < -0.39 is 0 Å². The van der Waals surface area contributed by atoms with Crippen molar-refractivity contribution in [3.05, 3.63) is 59.3 Å². The van der Waals surface area contributed by atoms with Crippen LogP contribution in [0.5, 0.6) is 11.5 Å². The number of hydrogen-bond donors (Lipinski definition) is 0. The van der Waals surface area contributed by atoms with Gasteiger partial charge in [-0.1, -0.05) is 6.07 Å². The summed E-state index contributed by atoms with van der Waals surface area (Å²) >= 11 is 0. The molecule has 2 aliphatic rings. The average Bonchev–Trinajstić information content (AvgIpc) is 2.76. The number of aryl methyl sites for hydroxylation is 3. The highest BCUT2D eigenvalue weighted by atomic mass is 16.6.